The molecule has 1 aliphatic rings. The summed E-state index contributed by atoms with van der Waals surface area (Å²) in [5.41, 5.74) is 5.26. The third-order valence-corrected chi connectivity index (χ3v) is 5.08. The largest absolute Gasteiger partial charge is 0.359 e. The number of hydrogen-bond donors (Lipinski definition) is 3. The van der Waals surface area contributed by atoms with Crippen LogP contribution in [0.15, 0.2) is 48.5 Å². The van der Waals surface area contributed by atoms with Crippen molar-refractivity contribution in [1.29, 1.82) is 0 Å². The fourth-order valence-electron chi connectivity index (χ4n) is 3.63. The van der Waals surface area contributed by atoms with Crippen LogP contribution >= 0.6 is 0 Å². The van der Waals surface area contributed by atoms with Crippen LogP contribution in [0.25, 0.3) is 10.9 Å². The summed E-state index contributed by atoms with van der Waals surface area (Å²) in [6.45, 7) is 4.96. The minimum Gasteiger partial charge on any atom is -0.359 e. The summed E-state index contributed by atoms with van der Waals surface area (Å²) in [6.07, 6.45) is 0.315. The van der Waals surface area contributed by atoms with Crippen molar-refractivity contribution in [2.24, 2.45) is 0 Å². The number of rotatable bonds is 4. The molecular formula is C22H24N4O2. The molecule has 0 bridgehead atoms. The smallest absolute Gasteiger partial charge is 0.315 e. The normalized spacial score (nSPS) is 16.6. The van der Waals surface area contributed by atoms with Gasteiger partial charge in [-0.15, -0.1) is 0 Å². The van der Waals surface area contributed by atoms with E-state index in [0.717, 1.165) is 33.4 Å². The number of aryl methyl sites for hydroxylation is 2. The summed E-state index contributed by atoms with van der Waals surface area (Å²) in [5.74, 6) is 0.0300. The SMILES string of the molecule is Cc1ccc(N2C[C@H](NC(=O)NCc3ccc4[nH]c(C)cc4c3)CC2=O)cc1. The molecule has 28 heavy (non-hydrogen) atoms. The molecule has 1 fully saturated rings. The van der Waals surface area contributed by atoms with Crippen LogP contribution in [0.4, 0.5) is 10.5 Å². The van der Waals surface area contributed by atoms with E-state index in [1.807, 2.05) is 50.2 Å². The topological polar surface area (TPSA) is 77.2 Å². The van der Waals surface area contributed by atoms with Gasteiger partial charge in [0.2, 0.25) is 5.91 Å². The molecular weight excluding hydrogens is 352 g/mol. The third kappa shape index (κ3) is 3.86. The first-order chi connectivity index (χ1) is 13.5. The van der Waals surface area contributed by atoms with E-state index in [2.05, 4.69) is 27.8 Å². The Hall–Kier alpha value is -3.28. The van der Waals surface area contributed by atoms with Gasteiger partial charge in [-0.25, -0.2) is 4.79 Å². The maximum atomic E-state index is 12.3. The number of anilines is 1. The fraction of sp³-hybridized carbons (Fsp3) is 0.273. The second-order valence-corrected chi connectivity index (χ2v) is 7.44. The Morgan fingerprint density at radius 1 is 1.14 bits per heavy atom. The number of benzene rings is 2. The van der Waals surface area contributed by atoms with E-state index in [1.165, 1.54) is 0 Å². The lowest BCUT2D eigenvalue weighted by Gasteiger charge is -2.17. The lowest BCUT2D eigenvalue weighted by Crippen LogP contribution is -2.43. The van der Waals surface area contributed by atoms with Gasteiger partial charge in [0.15, 0.2) is 0 Å². The summed E-state index contributed by atoms with van der Waals surface area (Å²) in [7, 11) is 0. The Morgan fingerprint density at radius 3 is 2.71 bits per heavy atom. The summed E-state index contributed by atoms with van der Waals surface area (Å²) < 4.78 is 0. The highest BCUT2D eigenvalue weighted by Crippen LogP contribution is 2.22. The van der Waals surface area contributed by atoms with E-state index >= 15 is 0 Å². The van der Waals surface area contributed by atoms with Gasteiger partial charge in [0.1, 0.15) is 0 Å². The number of carbonyl (C=O) groups excluding carboxylic acids is 2. The molecule has 0 radical (unpaired) electrons. The molecule has 2 aromatic carbocycles. The van der Waals surface area contributed by atoms with E-state index in [0.29, 0.717) is 19.5 Å². The highest BCUT2D eigenvalue weighted by Gasteiger charge is 2.31. The first-order valence-electron chi connectivity index (χ1n) is 9.47. The molecule has 0 spiro atoms. The number of H-pyrrole nitrogens is 1. The van der Waals surface area contributed by atoms with Crippen LogP contribution in [0, 0.1) is 13.8 Å². The van der Waals surface area contributed by atoms with Crippen molar-refractivity contribution < 1.29 is 9.59 Å². The number of aromatic amines is 1. The van der Waals surface area contributed by atoms with Gasteiger partial charge < -0.3 is 20.5 Å². The van der Waals surface area contributed by atoms with Crippen molar-refractivity contribution in [3.63, 3.8) is 0 Å². The first-order valence-corrected chi connectivity index (χ1v) is 9.47. The molecule has 6 nitrogen and oxygen atoms in total. The third-order valence-electron chi connectivity index (χ3n) is 5.08. The molecule has 0 aliphatic carbocycles. The summed E-state index contributed by atoms with van der Waals surface area (Å²) >= 11 is 0. The predicted molar refractivity (Wildman–Crippen MR) is 110 cm³/mol. The minimum absolute atomic E-state index is 0.0300. The molecule has 4 rings (SSSR count). The average Bonchev–Trinajstić information content (AvgIpc) is 3.21. The lowest BCUT2D eigenvalue weighted by atomic mass is 10.1. The average molecular weight is 376 g/mol. The Balaban J connectivity index is 1.32. The molecule has 0 unspecified atom stereocenters. The van der Waals surface area contributed by atoms with Gasteiger partial charge in [0, 0.05) is 36.4 Å². The van der Waals surface area contributed by atoms with Crippen molar-refractivity contribution in [2.45, 2.75) is 32.9 Å². The van der Waals surface area contributed by atoms with Crippen molar-refractivity contribution >= 4 is 28.5 Å². The molecule has 3 N–H and O–H groups in total. The standard InChI is InChI=1S/C22H24N4O2/c1-14-3-6-19(7-4-14)26-13-18(11-21(26)27)25-22(28)23-12-16-5-8-20-17(10-16)9-15(2)24-20/h3-10,18,24H,11-13H2,1-2H3,(H2,23,25,28)/t18-/m1/s1. The molecule has 3 aromatic rings. The van der Waals surface area contributed by atoms with Gasteiger partial charge in [0.05, 0.1) is 6.04 Å². The zero-order chi connectivity index (χ0) is 19.7. The van der Waals surface area contributed by atoms with Crippen LogP contribution in [-0.2, 0) is 11.3 Å². The van der Waals surface area contributed by atoms with E-state index in [9.17, 15) is 9.59 Å². The minimum atomic E-state index is -0.256. The zero-order valence-corrected chi connectivity index (χ0v) is 16.1. The van der Waals surface area contributed by atoms with Crippen LogP contribution in [-0.4, -0.2) is 29.5 Å². The molecule has 6 heteroatoms. The van der Waals surface area contributed by atoms with Gasteiger partial charge in [-0.3, -0.25) is 4.79 Å². The van der Waals surface area contributed by atoms with E-state index in [4.69, 9.17) is 0 Å². The second kappa shape index (κ2) is 7.38. The summed E-state index contributed by atoms with van der Waals surface area (Å²) in [4.78, 5) is 29.6. The predicted octanol–water partition coefficient (Wildman–Crippen LogP) is 3.39. The number of fused-ring (bicyclic) bond motifs is 1. The lowest BCUT2D eigenvalue weighted by molar-refractivity contribution is -0.117. The van der Waals surface area contributed by atoms with Crippen LogP contribution in [0.2, 0.25) is 0 Å². The van der Waals surface area contributed by atoms with Crippen LogP contribution in [0.3, 0.4) is 0 Å². The Kier molecular flexibility index (Phi) is 4.77. The van der Waals surface area contributed by atoms with Crippen LogP contribution < -0.4 is 15.5 Å². The number of nitrogens with zero attached hydrogens (tertiary/aromatic N) is 1. The summed E-state index contributed by atoms with van der Waals surface area (Å²) in [5, 5.41) is 6.93. The number of urea groups is 1. The number of aromatic nitrogens is 1. The first kappa shape index (κ1) is 18.1. The Bertz CT molecular complexity index is 1020. The van der Waals surface area contributed by atoms with Crippen molar-refractivity contribution in [1.82, 2.24) is 15.6 Å². The van der Waals surface area contributed by atoms with E-state index < -0.39 is 0 Å². The maximum absolute atomic E-state index is 12.3. The fourth-order valence-corrected chi connectivity index (χ4v) is 3.63. The van der Waals surface area contributed by atoms with Crippen LogP contribution in [0.1, 0.15) is 23.2 Å². The van der Waals surface area contributed by atoms with Crippen LogP contribution in [0.5, 0.6) is 0 Å². The molecule has 0 saturated carbocycles. The van der Waals surface area contributed by atoms with E-state index in [1.54, 1.807) is 4.90 Å². The zero-order valence-electron chi connectivity index (χ0n) is 16.1. The van der Waals surface area contributed by atoms with Gasteiger partial charge in [0.25, 0.3) is 0 Å². The molecule has 3 amide bonds. The highest BCUT2D eigenvalue weighted by molar-refractivity contribution is 5.96. The van der Waals surface area contributed by atoms with Gasteiger partial charge in [-0.05, 0) is 55.1 Å². The van der Waals surface area contributed by atoms with E-state index in [-0.39, 0.29) is 18.0 Å². The Labute approximate surface area is 163 Å². The molecule has 1 atom stereocenters. The molecule has 1 saturated heterocycles. The van der Waals surface area contributed by atoms with Crippen molar-refractivity contribution in [2.75, 3.05) is 11.4 Å². The number of amides is 3. The molecule has 1 aliphatic heterocycles. The summed E-state index contributed by atoms with van der Waals surface area (Å²) in [6, 6.07) is 15.6. The highest BCUT2D eigenvalue weighted by atomic mass is 16.2. The molecule has 1 aromatic heterocycles. The van der Waals surface area contributed by atoms with Crippen molar-refractivity contribution in [3.05, 3.63) is 65.4 Å². The number of nitrogens with one attached hydrogen (secondary N) is 3. The monoisotopic (exact) mass is 376 g/mol. The van der Waals surface area contributed by atoms with Crippen molar-refractivity contribution in [3.8, 4) is 0 Å². The van der Waals surface area contributed by atoms with Gasteiger partial charge >= 0.3 is 6.03 Å². The molecule has 2 heterocycles. The van der Waals surface area contributed by atoms with Gasteiger partial charge in [-0.2, -0.15) is 0 Å². The molecule has 144 valence electrons. The number of hydrogen-bond acceptors (Lipinski definition) is 2. The second-order valence-electron chi connectivity index (χ2n) is 7.44. The van der Waals surface area contributed by atoms with Gasteiger partial charge in [-0.1, -0.05) is 23.8 Å². The number of carbonyl (C=O) groups is 2. The Morgan fingerprint density at radius 2 is 1.93 bits per heavy atom. The maximum Gasteiger partial charge on any atom is 0.315 e. The quantitative estimate of drug-likeness (QED) is 0.653.